The molecule has 1 fully saturated rings. The molecule has 2 aromatic rings. The van der Waals surface area contributed by atoms with Crippen molar-refractivity contribution in [3.63, 3.8) is 0 Å². The van der Waals surface area contributed by atoms with E-state index in [0.717, 1.165) is 5.56 Å². The zero-order valence-corrected chi connectivity index (χ0v) is 16.9. The van der Waals surface area contributed by atoms with Crippen LogP contribution in [0.5, 0.6) is 0 Å². The minimum absolute atomic E-state index is 0.0811. The molecular weight excluding hydrogens is 354 g/mol. The third-order valence-electron chi connectivity index (χ3n) is 4.51. The van der Waals surface area contributed by atoms with Gasteiger partial charge in [-0.15, -0.1) is 0 Å². The van der Waals surface area contributed by atoms with Crippen LogP contribution in [0.3, 0.4) is 0 Å². The van der Waals surface area contributed by atoms with Gasteiger partial charge in [0.25, 0.3) is 5.91 Å². The number of nitrogens with one attached hydrogen (secondary N) is 1. The third-order valence-corrected chi connectivity index (χ3v) is 4.51. The van der Waals surface area contributed by atoms with E-state index in [-0.39, 0.29) is 17.4 Å². The van der Waals surface area contributed by atoms with Crippen LogP contribution in [0, 0.1) is 0 Å². The Bertz CT molecular complexity index is 853. The van der Waals surface area contributed by atoms with Crippen molar-refractivity contribution in [2.75, 3.05) is 31.1 Å². The minimum Gasteiger partial charge on any atom is -0.353 e. The zero-order chi connectivity index (χ0) is 20.3. The lowest BCUT2D eigenvalue weighted by molar-refractivity contribution is -0.129. The Kier molecular flexibility index (Phi) is 5.63. The summed E-state index contributed by atoms with van der Waals surface area (Å²) < 4.78 is 0. The van der Waals surface area contributed by atoms with Gasteiger partial charge in [0, 0.05) is 50.3 Å². The van der Waals surface area contributed by atoms with Gasteiger partial charge < -0.3 is 15.1 Å². The molecule has 0 saturated carbocycles. The van der Waals surface area contributed by atoms with Crippen molar-refractivity contribution < 1.29 is 9.59 Å². The van der Waals surface area contributed by atoms with Crippen LogP contribution in [0.15, 0.2) is 36.4 Å². The van der Waals surface area contributed by atoms with Crippen molar-refractivity contribution in [1.29, 1.82) is 0 Å². The molecule has 0 atom stereocenters. The van der Waals surface area contributed by atoms with E-state index in [1.165, 1.54) is 0 Å². The van der Waals surface area contributed by atoms with Crippen molar-refractivity contribution in [1.82, 2.24) is 20.2 Å². The summed E-state index contributed by atoms with van der Waals surface area (Å²) in [5.41, 5.74) is 0.840. The van der Waals surface area contributed by atoms with Crippen molar-refractivity contribution in [2.45, 2.75) is 33.2 Å². The highest BCUT2D eigenvalue weighted by Gasteiger charge is 2.23. The number of rotatable bonds is 3. The van der Waals surface area contributed by atoms with Crippen LogP contribution in [0.1, 0.15) is 38.2 Å². The molecule has 0 unspecified atom stereocenters. The van der Waals surface area contributed by atoms with Crippen LogP contribution in [0.2, 0.25) is 0 Å². The largest absolute Gasteiger partial charge is 0.353 e. The summed E-state index contributed by atoms with van der Waals surface area (Å²) in [7, 11) is 0. The van der Waals surface area contributed by atoms with Crippen LogP contribution < -0.4 is 10.2 Å². The van der Waals surface area contributed by atoms with Crippen LogP contribution in [-0.2, 0) is 4.79 Å². The zero-order valence-electron chi connectivity index (χ0n) is 16.9. The number of hydrogen-bond donors (Lipinski definition) is 1. The summed E-state index contributed by atoms with van der Waals surface area (Å²) in [5, 5.41) is 2.97. The highest BCUT2D eigenvalue weighted by molar-refractivity contribution is 5.94. The van der Waals surface area contributed by atoms with Gasteiger partial charge in [0.15, 0.2) is 5.82 Å². The summed E-state index contributed by atoms with van der Waals surface area (Å²) >= 11 is 0. The molecule has 1 saturated heterocycles. The topological polar surface area (TPSA) is 78.4 Å². The van der Waals surface area contributed by atoms with E-state index in [4.69, 9.17) is 4.98 Å². The van der Waals surface area contributed by atoms with E-state index in [9.17, 15) is 9.59 Å². The fraction of sp³-hybridized carbons (Fsp3) is 0.429. The fourth-order valence-corrected chi connectivity index (χ4v) is 3.08. The first-order valence-corrected chi connectivity index (χ1v) is 9.50. The van der Waals surface area contributed by atoms with E-state index in [2.05, 4.69) is 15.2 Å². The van der Waals surface area contributed by atoms with E-state index < -0.39 is 0 Å². The summed E-state index contributed by atoms with van der Waals surface area (Å²) in [6.45, 7) is 10.0. The molecule has 2 amide bonds. The number of aromatic nitrogens is 2. The Morgan fingerprint density at radius 1 is 1.00 bits per heavy atom. The predicted molar refractivity (Wildman–Crippen MR) is 109 cm³/mol. The van der Waals surface area contributed by atoms with Gasteiger partial charge in [-0.3, -0.25) is 9.59 Å². The molecule has 0 radical (unpaired) electrons. The Hall–Kier alpha value is -2.96. The standard InChI is InChI=1S/C21H27N5O2/c1-15(27)25-10-12-26(13-11-25)18-14-17(20(28)24-21(2,3)4)22-19(23-18)16-8-6-5-7-9-16/h5-9,14H,10-13H2,1-4H3,(H,24,28). The molecule has 0 bridgehead atoms. The van der Waals surface area contributed by atoms with Gasteiger partial charge in [-0.2, -0.15) is 0 Å². The maximum Gasteiger partial charge on any atom is 0.270 e. The van der Waals surface area contributed by atoms with Crippen LogP contribution in [0.25, 0.3) is 11.4 Å². The van der Waals surface area contributed by atoms with Crippen molar-refractivity contribution in [3.8, 4) is 11.4 Å². The Morgan fingerprint density at radius 2 is 1.64 bits per heavy atom. The molecule has 1 aliphatic heterocycles. The van der Waals surface area contributed by atoms with Gasteiger partial charge in [-0.1, -0.05) is 30.3 Å². The smallest absolute Gasteiger partial charge is 0.270 e. The molecule has 3 rings (SSSR count). The molecule has 1 aromatic carbocycles. The summed E-state index contributed by atoms with van der Waals surface area (Å²) in [5.74, 6) is 1.08. The predicted octanol–water partition coefficient (Wildman–Crippen LogP) is 2.34. The molecule has 1 aliphatic rings. The molecule has 148 valence electrons. The number of hydrogen-bond acceptors (Lipinski definition) is 5. The van der Waals surface area contributed by atoms with Gasteiger partial charge in [0.2, 0.25) is 5.91 Å². The van der Waals surface area contributed by atoms with E-state index in [1.807, 2.05) is 56.0 Å². The Balaban J connectivity index is 1.94. The third kappa shape index (κ3) is 4.85. The lowest BCUT2D eigenvalue weighted by atomic mass is 10.1. The van der Waals surface area contributed by atoms with Gasteiger partial charge >= 0.3 is 0 Å². The van der Waals surface area contributed by atoms with Gasteiger partial charge in [-0.25, -0.2) is 9.97 Å². The summed E-state index contributed by atoms with van der Waals surface area (Å²) in [6, 6.07) is 11.4. The number of benzene rings is 1. The Labute approximate surface area is 165 Å². The molecule has 1 aromatic heterocycles. The number of carbonyl (C=O) groups excluding carboxylic acids is 2. The highest BCUT2D eigenvalue weighted by Crippen LogP contribution is 2.22. The second-order valence-corrected chi connectivity index (χ2v) is 8.00. The number of piperazine rings is 1. The van der Waals surface area contributed by atoms with Crippen molar-refractivity contribution in [3.05, 3.63) is 42.1 Å². The van der Waals surface area contributed by atoms with E-state index in [0.29, 0.717) is 43.5 Å². The lowest BCUT2D eigenvalue weighted by Crippen LogP contribution is -2.48. The maximum atomic E-state index is 12.7. The molecule has 0 spiro atoms. The monoisotopic (exact) mass is 381 g/mol. The Morgan fingerprint density at radius 3 is 2.21 bits per heavy atom. The molecule has 1 N–H and O–H groups in total. The van der Waals surface area contributed by atoms with Gasteiger partial charge in [-0.05, 0) is 20.8 Å². The van der Waals surface area contributed by atoms with E-state index in [1.54, 1.807) is 13.0 Å². The van der Waals surface area contributed by atoms with Crippen molar-refractivity contribution >= 4 is 17.6 Å². The number of anilines is 1. The summed E-state index contributed by atoms with van der Waals surface area (Å²) in [4.78, 5) is 37.5. The first-order chi connectivity index (χ1) is 13.2. The fourth-order valence-electron chi connectivity index (χ4n) is 3.08. The first kappa shape index (κ1) is 19.8. The second-order valence-electron chi connectivity index (χ2n) is 8.00. The molecule has 2 heterocycles. The molecular formula is C21H27N5O2. The maximum absolute atomic E-state index is 12.7. The number of carbonyl (C=O) groups is 2. The van der Waals surface area contributed by atoms with Crippen LogP contribution >= 0.6 is 0 Å². The number of nitrogens with zero attached hydrogens (tertiary/aromatic N) is 4. The average molecular weight is 381 g/mol. The van der Waals surface area contributed by atoms with Gasteiger partial charge in [0.05, 0.1) is 0 Å². The molecule has 28 heavy (non-hydrogen) atoms. The average Bonchev–Trinajstić information content (AvgIpc) is 2.67. The van der Waals surface area contributed by atoms with Crippen molar-refractivity contribution in [2.24, 2.45) is 0 Å². The number of amides is 2. The lowest BCUT2D eigenvalue weighted by Gasteiger charge is -2.35. The van der Waals surface area contributed by atoms with Crippen LogP contribution in [-0.4, -0.2) is 58.4 Å². The normalized spacial score (nSPS) is 14.7. The highest BCUT2D eigenvalue weighted by atomic mass is 16.2. The SMILES string of the molecule is CC(=O)N1CCN(c2cc(C(=O)NC(C)(C)C)nc(-c3ccccc3)n2)CC1. The second kappa shape index (κ2) is 7.96. The molecule has 7 nitrogen and oxygen atoms in total. The van der Waals surface area contributed by atoms with E-state index >= 15 is 0 Å². The summed E-state index contributed by atoms with van der Waals surface area (Å²) in [6.07, 6.45) is 0. The minimum atomic E-state index is -0.359. The molecule has 0 aliphatic carbocycles. The molecule has 7 heteroatoms. The van der Waals surface area contributed by atoms with Crippen LogP contribution in [0.4, 0.5) is 5.82 Å². The quantitative estimate of drug-likeness (QED) is 0.883. The first-order valence-electron chi connectivity index (χ1n) is 9.50. The van der Waals surface area contributed by atoms with Gasteiger partial charge in [0.1, 0.15) is 11.5 Å².